The van der Waals surface area contributed by atoms with Crippen LogP contribution in [-0.2, 0) is 4.79 Å². The van der Waals surface area contributed by atoms with E-state index in [1.165, 1.54) is 0 Å². The molecule has 0 aromatic heterocycles. The van der Waals surface area contributed by atoms with Gasteiger partial charge in [0.2, 0.25) is 14.4 Å². The van der Waals surface area contributed by atoms with E-state index in [2.05, 4.69) is 25.0 Å². The lowest BCUT2D eigenvalue weighted by molar-refractivity contribution is -0.128. The number of aliphatic hydroxyl groups is 1. The second-order valence-electron chi connectivity index (χ2n) is 7.67. The van der Waals surface area contributed by atoms with Gasteiger partial charge in [0.05, 0.1) is 5.69 Å². The summed E-state index contributed by atoms with van der Waals surface area (Å²) in [6.07, 6.45) is -2.06. The van der Waals surface area contributed by atoms with Gasteiger partial charge in [0.1, 0.15) is 17.6 Å². The van der Waals surface area contributed by atoms with Crippen LogP contribution in [0.4, 0.5) is 5.69 Å². The van der Waals surface area contributed by atoms with E-state index < -0.39 is 20.5 Å². The molecular formula is C20H25NO4Si. The van der Waals surface area contributed by atoms with Gasteiger partial charge in [0, 0.05) is 0 Å². The number of rotatable bonds is 4. The summed E-state index contributed by atoms with van der Waals surface area (Å²) in [4.78, 5) is 12.4. The fraction of sp³-hybridized carbons (Fsp3) is 0.350. The summed E-state index contributed by atoms with van der Waals surface area (Å²) in [7, 11) is -1.74. The lowest BCUT2D eigenvalue weighted by Crippen LogP contribution is -2.41. The summed E-state index contributed by atoms with van der Waals surface area (Å²) in [5.74, 6) is 1.07. The molecule has 1 aliphatic rings. The highest BCUT2D eigenvalue weighted by molar-refractivity contribution is 6.70. The van der Waals surface area contributed by atoms with Crippen molar-refractivity contribution >= 4 is 19.9 Å². The molecule has 0 bridgehead atoms. The van der Waals surface area contributed by atoms with Gasteiger partial charge < -0.3 is 19.6 Å². The van der Waals surface area contributed by atoms with Crippen LogP contribution in [0.1, 0.15) is 22.8 Å². The Morgan fingerprint density at radius 2 is 1.77 bits per heavy atom. The third-order valence-electron chi connectivity index (χ3n) is 4.18. The molecule has 5 nitrogen and oxygen atoms in total. The van der Waals surface area contributed by atoms with E-state index in [4.69, 9.17) is 9.16 Å². The van der Waals surface area contributed by atoms with Crippen molar-refractivity contribution in [1.29, 1.82) is 0 Å². The number of carbonyl (C=O) groups is 1. The van der Waals surface area contributed by atoms with Crippen LogP contribution >= 0.6 is 0 Å². The van der Waals surface area contributed by atoms with Crippen molar-refractivity contribution in [3.8, 4) is 11.5 Å². The van der Waals surface area contributed by atoms with Crippen LogP contribution in [0, 0.1) is 13.8 Å². The maximum atomic E-state index is 12.4. The van der Waals surface area contributed by atoms with E-state index in [9.17, 15) is 9.90 Å². The molecule has 2 atom stereocenters. The van der Waals surface area contributed by atoms with Crippen LogP contribution in [0.3, 0.4) is 0 Å². The average Bonchev–Trinajstić information content (AvgIpc) is 2.56. The van der Waals surface area contributed by atoms with Crippen LogP contribution in [0.25, 0.3) is 0 Å². The summed E-state index contributed by atoms with van der Waals surface area (Å²) in [6.45, 7) is 10.3. The smallest absolute Gasteiger partial charge is 0.268 e. The lowest BCUT2D eigenvalue weighted by Gasteiger charge is -2.30. The van der Waals surface area contributed by atoms with E-state index >= 15 is 0 Å². The number of aliphatic hydroxyl groups excluding tert-OH is 1. The Bertz CT molecular complexity index is 821. The minimum Gasteiger partial charge on any atom is -0.544 e. The van der Waals surface area contributed by atoms with Gasteiger partial charge in [-0.05, 0) is 74.4 Å². The zero-order chi connectivity index (χ0) is 19.1. The summed E-state index contributed by atoms with van der Waals surface area (Å²) in [6, 6.07) is 10.9. The molecule has 2 aromatic rings. The lowest BCUT2D eigenvalue weighted by atomic mass is 9.97. The highest BCUT2D eigenvalue weighted by Crippen LogP contribution is 2.35. The Kier molecular flexibility index (Phi) is 4.81. The third-order valence-corrected chi connectivity index (χ3v) is 4.99. The van der Waals surface area contributed by atoms with Gasteiger partial charge in [-0.15, -0.1) is 0 Å². The Balaban J connectivity index is 1.89. The number of carbonyl (C=O) groups excluding carboxylic acids is 1. The Labute approximate surface area is 155 Å². The van der Waals surface area contributed by atoms with E-state index in [1.54, 1.807) is 12.1 Å². The van der Waals surface area contributed by atoms with E-state index in [0.717, 1.165) is 16.9 Å². The number of para-hydroxylation sites is 2. The van der Waals surface area contributed by atoms with Crippen LogP contribution in [0.15, 0.2) is 36.4 Å². The van der Waals surface area contributed by atoms with Crippen molar-refractivity contribution in [1.82, 2.24) is 0 Å². The minimum absolute atomic E-state index is 0.353. The van der Waals surface area contributed by atoms with Gasteiger partial charge in [0.15, 0.2) is 0 Å². The Morgan fingerprint density at radius 3 is 2.38 bits per heavy atom. The average molecular weight is 372 g/mol. The van der Waals surface area contributed by atoms with Gasteiger partial charge in [0.25, 0.3) is 5.91 Å². The number of benzene rings is 2. The van der Waals surface area contributed by atoms with Crippen LogP contribution < -0.4 is 14.5 Å². The van der Waals surface area contributed by atoms with E-state index in [1.807, 2.05) is 38.1 Å². The number of hydrogen-bond acceptors (Lipinski definition) is 4. The Morgan fingerprint density at radius 1 is 1.15 bits per heavy atom. The second kappa shape index (κ2) is 6.77. The first-order valence-corrected chi connectivity index (χ1v) is 12.1. The van der Waals surface area contributed by atoms with Crippen molar-refractivity contribution in [2.75, 3.05) is 5.32 Å². The number of ether oxygens (including phenoxy) is 1. The monoisotopic (exact) mass is 371 g/mol. The van der Waals surface area contributed by atoms with Crippen molar-refractivity contribution in [2.45, 2.75) is 45.7 Å². The van der Waals surface area contributed by atoms with Crippen molar-refractivity contribution < 1.29 is 19.1 Å². The number of nitrogens with one attached hydrogen (secondary N) is 1. The number of anilines is 1. The highest BCUT2D eigenvalue weighted by atomic mass is 28.4. The molecule has 2 unspecified atom stereocenters. The molecule has 2 aromatic carbocycles. The number of aryl methyl sites for hydroxylation is 2. The maximum absolute atomic E-state index is 12.4. The van der Waals surface area contributed by atoms with Gasteiger partial charge >= 0.3 is 0 Å². The summed E-state index contributed by atoms with van der Waals surface area (Å²) >= 11 is 0. The minimum atomic E-state index is -1.74. The largest absolute Gasteiger partial charge is 0.544 e. The molecule has 1 amide bonds. The van der Waals surface area contributed by atoms with Gasteiger partial charge in [-0.3, -0.25) is 4.79 Å². The molecular weight excluding hydrogens is 346 g/mol. The molecule has 6 heteroatoms. The Hall–Kier alpha value is -2.31. The normalized spacial score (nSPS) is 17.8. The summed E-state index contributed by atoms with van der Waals surface area (Å²) < 4.78 is 11.9. The quantitative estimate of drug-likeness (QED) is 0.799. The van der Waals surface area contributed by atoms with Crippen molar-refractivity contribution in [2.24, 2.45) is 0 Å². The van der Waals surface area contributed by atoms with E-state index in [-0.39, 0.29) is 5.91 Å². The SMILES string of the molecule is Cc1cc(C(O)C2Oc3ccccc3NC2=O)cc(C)c1O[Si](C)(C)C. The maximum Gasteiger partial charge on any atom is 0.268 e. The topological polar surface area (TPSA) is 67.8 Å². The molecule has 0 spiro atoms. The summed E-state index contributed by atoms with van der Waals surface area (Å²) in [5, 5.41) is 13.6. The van der Waals surface area contributed by atoms with E-state index in [0.29, 0.717) is 17.0 Å². The number of amides is 1. The molecule has 0 aliphatic carbocycles. The predicted octanol–water partition coefficient (Wildman–Crippen LogP) is 3.95. The molecule has 0 radical (unpaired) electrons. The molecule has 3 rings (SSSR count). The van der Waals surface area contributed by atoms with Crippen LogP contribution in [0.2, 0.25) is 19.6 Å². The van der Waals surface area contributed by atoms with Gasteiger partial charge in [-0.1, -0.05) is 12.1 Å². The zero-order valence-electron chi connectivity index (χ0n) is 15.8. The molecule has 2 N–H and O–H groups in total. The summed E-state index contributed by atoms with van der Waals surface area (Å²) in [5.41, 5.74) is 3.14. The first kappa shape index (κ1) is 18.5. The highest BCUT2D eigenvalue weighted by Gasteiger charge is 2.35. The van der Waals surface area contributed by atoms with Gasteiger partial charge in [-0.25, -0.2) is 0 Å². The number of fused-ring (bicyclic) bond motifs is 1. The third kappa shape index (κ3) is 3.76. The van der Waals surface area contributed by atoms with Crippen LogP contribution in [-0.4, -0.2) is 25.4 Å². The molecule has 26 heavy (non-hydrogen) atoms. The molecule has 1 aliphatic heterocycles. The first-order valence-electron chi connectivity index (χ1n) is 8.70. The molecule has 0 saturated heterocycles. The molecule has 0 fully saturated rings. The second-order valence-corrected chi connectivity index (χ2v) is 12.1. The van der Waals surface area contributed by atoms with Gasteiger partial charge in [-0.2, -0.15) is 0 Å². The fourth-order valence-electron chi connectivity index (χ4n) is 3.07. The fourth-order valence-corrected chi connectivity index (χ4v) is 4.01. The zero-order valence-corrected chi connectivity index (χ0v) is 16.8. The predicted molar refractivity (Wildman–Crippen MR) is 104 cm³/mol. The van der Waals surface area contributed by atoms with Crippen molar-refractivity contribution in [3.05, 3.63) is 53.1 Å². The standard InChI is InChI=1S/C20H25NO4Si/c1-12-10-14(11-13(2)18(12)25-26(3,4)5)17(22)19-20(23)21-15-8-6-7-9-16(15)24-19/h6-11,17,19,22H,1-5H3,(H,21,23). The molecule has 0 saturated carbocycles. The molecule has 1 heterocycles. The number of hydrogen-bond donors (Lipinski definition) is 2. The van der Waals surface area contributed by atoms with Crippen molar-refractivity contribution in [3.63, 3.8) is 0 Å². The molecule has 138 valence electrons. The van der Waals surface area contributed by atoms with Crippen LogP contribution in [0.5, 0.6) is 11.5 Å². The first-order chi connectivity index (χ1) is 12.2.